The van der Waals surface area contributed by atoms with Crippen LogP contribution in [0.15, 0.2) is 30.2 Å². The van der Waals surface area contributed by atoms with Crippen molar-refractivity contribution in [1.29, 1.82) is 0 Å². The van der Waals surface area contributed by atoms with Crippen molar-refractivity contribution >= 4 is 0 Å². The Morgan fingerprint density at radius 2 is 1.83 bits per heavy atom. The van der Waals surface area contributed by atoms with Crippen LogP contribution in [0.3, 0.4) is 0 Å². The van der Waals surface area contributed by atoms with Crippen LogP contribution in [0.5, 0.6) is 0 Å². The van der Waals surface area contributed by atoms with Crippen molar-refractivity contribution in [2.75, 3.05) is 0 Å². The van der Waals surface area contributed by atoms with Gasteiger partial charge in [0.25, 0.3) is 0 Å². The van der Waals surface area contributed by atoms with E-state index in [1.54, 1.807) is 0 Å². The second-order valence-electron chi connectivity index (χ2n) is 2.00. The standard InChI is InChI=1S/C12H16/c1-3-7-11(8-4-1)12-9-5-2-6-10-12/h1,3-4,7-8,12H,2,5-6,9-10H2/i1+1D,2+1D2,3+1D,4+1D,5+1D2,6+1D2,7+1D,8+1D,9+1D2,10+1D2,11+1,12+1D. The lowest BCUT2D eigenvalue weighted by molar-refractivity contribution is 0.443. The van der Waals surface area contributed by atoms with Crippen molar-refractivity contribution in [2.45, 2.75) is 37.8 Å². The van der Waals surface area contributed by atoms with Gasteiger partial charge in [0.15, 0.2) is 0 Å². The Bertz CT molecular complexity index is 778. The first-order chi connectivity index (χ1) is 12.2. The summed E-state index contributed by atoms with van der Waals surface area (Å²) in [5, 5.41) is 0. The molecule has 0 N–H and O–H groups in total. The van der Waals surface area contributed by atoms with Crippen molar-refractivity contribution < 1.29 is 21.9 Å². The van der Waals surface area contributed by atoms with Crippen molar-refractivity contribution in [1.82, 2.24) is 0 Å². The molecule has 1 aliphatic carbocycles. The zero-order chi connectivity index (χ0) is 22.5. The summed E-state index contributed by atoms with van der Waals surface area (Å²) in [6, 6.07) is -5.38. The van der Waals surface area contributed by atoms with Crippen LogP contribution >= 0.6 is 0 Å². The van der Waals surface area contributed by atoms with Crippen molar-refractivity contribution in [3.63, 3.8) is 0 Å². The molecule has 64 valence electrons. The van der Waals surface area contributed by atoms with Crippen LogP contribution in [0, 0.1) is 0 Å². The molecule has 1 aromatic carbocycles. The van der Waals surface area contributed by atoms with E-state index in [9.17, 15) is 0 Å². The van der Waals surface area contributed by atoms with Gasteiger partial charge in [0.05, 0.1) is 6.85 Å². The summed E-state index contributed by atoms with van der Waals surface area (Å²) in [4.78, 5) is 0. The first-order valence-corrected chi connectivity index (χ1v) is 3.25. The number of hydrogen-bond acceptors (Lipinski definition) is 0. The Morgan fingerprint density at radius 3 is 2.50 bits per heavy atom. The Morgan fingerprint density at radius 1 is 1.17 bits per heavy atom. The summed E-state index contributed by atoms with van der Waals surface area (Å²) in [5.74, 6) is -3.73. The minimum atomic E-state index is -3.84. The first-order valence-electron chi connectivity index (χ1n) is 11.2. The molecule has 0 spiro atoms. The summed E-state index contributed by atoms with van der Waals surface area (Å²) < 4.78 is 127. The zero-order valence-electron chi connectivity index (χ0n) is 22.0. The topological polar surface area (TPSA) is 0 Å². The molecule has 1 saturated carbocycles. The molecule has 0 amide bonds. The largest absolute Gasteiger partial charge is 0.0626 e. The SMILES string of the molecule is [2H][13c]1[13c]([2H])[13c]([2H])[13c]([13C]2([2H])[13C]([2H])([2H])[13C]([2H])([2H])[13C]([2H])([2H])[13C]([2H])([2H])[13C]2([2H])[2H])[13c]([2H])[13c]1[2H]. The average molecular weight is 188 g/mol. The van der Waals surface area contributed by atoms with Gasteiger partial charge in [-0.2, -0.15) is 0 Å². The van der Waals surface area contributed by atoms with Crippen molar-refractivity contribution in [3.8, 4) is 0 Å². The summed E-state index contributed by atoms with van der Waals surface area (Å²) in [6.07, 6.45) is -19.1. The van der Waals surface area contributed by atoms with E-state index in [0.717, 1.165) is 0 Å². The summed E-state index contributed by atoms with van der Waals surface area (Å²) in [7, 11) is 0. The third-order valence-electron chi connectivity index (χ3n) is 1.25. The molecule has 1 fully saturated rings. The van der Waals surface area contributed by atoms with Crippen LogP contribution in [-0.2, 0) is 0 Å². The highest BCUT2D eigenvalue weighted by atomic mass is 15.2. The summed E-state index contributed by atoms with van der Waals surface area (Å²) in [6.45, 7) is 0. The van der Waals surface area contributed by atoms with Gasteiger partial charge in [-0.05, 0) is 24.2 Å². The second-order valence-corrected chi connectivity index (χ2v) is 2.00. The quantitative estimate of drug-likeness (QED) is 0.589. The molecule has 0 nitrogen and oxygen atoms in total. The highest BCUT2D eigenvalue weighted by Gasteiger charge is 2.14. The lowest BCUT2D eigenvalue weighted by Crippen LogP contribution is -2.03. The van der Waals surface area contributed by atoms with Gasteiger partial charge in [-0.25, -0.2) is 0 Å². The van der Waals surface area contributed by atoms with Gasteiger partial charge in [0, 0.05) is 15.1 Å². The molecule has 0 aromatic heterocycles. The number of benzene rings is 1. The smallest absolute Gasteiger partial charge is 0.0622 e. The Hall–Kier alpha value is -0.780. The van der Waals surface area contributed by atoms with Crippen molar-refractivity contribution in [2.24, 2.45) is 0 Å². The first kappa shape index (κ1) is 1.47. The van der Waals surface area contributed by atoms with Crippen molar-refractivity contribution in [3.05, 3.63) is 35.8 Å². The highest BCUT2D eigenvalue weighted by Crippen LogP contribution is 2.31. The molecule has 0 radical (unpaired) electrons. The third-order valence-corrected chi connectivity index (χ3v) is 1.25. The summed E-state index contributed by atoms with van der Waals surface area (Å²) in [5.41, 5.74) is -1.28. The zero-order valence-corrected chi connectivity index (χ0v) is 6.00. The molecule has 0 heteroatoms. The van der Waals surface area contributed by atoms with Crippen LogP contribution in [-0.4, -0.2) is 0 Å². The van der Waals surface area contributed by atoms with Gasteiger partial charge in [-0.3, -0.25) is 0 Å². The molecule has 12 heavy (non-hydrogen) atoms. The predicted molar refractivity (Wildman–Crippen MR) is 52.3 cm³/mol. The highest BCUT2D eigenvalue weighted by molar-refractivity contribution is 5.19. The van der Waals surface area contributed by atoms with E-state index >= 15 is 0 Å². The molecule has 0 saturated heterocycles. The van der Waals surface area contributed by atoms with Crippen LogP contribution < -0.4 is 0 Å². The Labute approximate surface area is 97.1 Å². The Balaban J connectivity index is 3.14. The van der Waals surface area contributed by atoms with Gasteiger partial charge in [0.1, 0.15) is 0 Å². The minimum absolute atomic E-state index is 0.916. The maximum absolute atomic E-state index is 8.54. The van der Waals surface area contributed by atoms with Gasteiger partial charge in [-0.15, -0.1) is 0 Å². The van der Waals surface area contributed by atoms with E-state index in [0.29, 0.717) is 0 Å². The van der Waals surface area contributed by atoms with Crippen LogP contribution in [0.1, 0.15) is 65.3 Å². The fraction of sp³-hybridized carbons (Fsp3) is 0.500. The molecule has 1 aliphatic rings. The fourth-order valence-corrected chi connectivity index (χ4v) is 0.750. The van der Waals surface area contributed by atoms with E-state index in [-0.39, 0.29) is 0 Å². The predicted octanol–water partition coefficient (Wildman–Crippen LogP) is 3.73. The van der Waals surface area contributed by atoms with Gasteiger partial charge >= 0.3 is 0 Å². The maximum Gasteiger partial charge on any atom is 0.0626 e. The van der Waals surface area contributed by atoms with Crippen LogP contribution in [0.2, 0.25) is 0 Å². The molecule has 0 atom stereocenters. The molecular formula is C12H16. The van der Waals surface area contributed by atoms with E-state index < -0.39 is 73.5 Å². The molecule has 2 rings (SSSR count). The van der Waals surface area contributed by atoms with Gasteiger partial charge in [0.2, 0.25) is 0 Å². The monoisotopic (exact) mass is 188 g/mol. The molecule has 0 unspecified atom stereocenters. The lowest BCUT2D eigenvalue weighted by Gasteiger charge is -2.21. The third kappa shape index (κ3) is 1.69. The van der Waals surface area contributed by atoms with Crippen LogP contribution in [0.4, 0.5) is 0 Å². The van der Waals surface area contributed by atoms with E-state index in [1.165, 1.54) is 0 Å². The average Bonchev–Trinajstić information content (AvgIpc) is 2.56. The Kier molecular flexibility index (Phi) is 0.460. The number of rotatable bonds is 1. The van der Waals surface area contributed by atoms with E-state index in [4.69, 9.17) is 21.9 Å². The molecule has 0 heterocycles. The van der Waals surface area contributed by atoms with Crippen LogP contribution in [0.25, 0.3) is 0 Å². The van der Waals surface area contributed by atoms with Gasteiger partial charge < -0.3 is 0 Å². The van der Waals surface area contributed by atoms with E-state index in [2.05, 4.69) is 0 Å². The lowest BCUT2D eigenvalue weighted by atomic mass is 10.8. The molecule has 0 aliphatic heterocycles. The minimum Gasteiger partial charge on any atom is -0.0622 e. The van der Waals surface area contributed by atoms with Gasteiger partial charge in [-0.1, -0.05) is 49.3 Å². The van der Waals surface area contributed by atoms with E-state index in [1.807, 2.05) is 0 Å². The fourth-order valence-electron chi connectivity index (χ4n) is 0.750. The maximum atomic E-state index is 8.54. The molecular weight excluding hydrogens is 156 g/mol. The second kappa shape index (κ2) is 3.75. The molecule has 0 bridgehead atoms. The normalized spacial score (nSPS) is 62.3. The number of hydrogen-bond donors (Lipinski definition) is 0. The summed E-state index contributed by atoms with van der Waals surface area (Å²) >= 11 is 0. The molecule has 1 aromatic rings.